The van der Waals surface area contributed by atoms with E-state index in [2.05, 4.69) is 20.3 Å². The van der Waals surface area contributed by atoms with Crippen molar-refractivity contribution in [2.45, 2.75) is 32.7 Å². The molecular formula is C22H28N6O2. The number of ether oxygens (including phenoxy) is 2. The van der Waals surface area contributed by atoms with Crippen LogP contribution < -0.4 is 19.7 Å². The topological polar surface area (TPSA) is 77.3 Å². The molecule has 1 aliphatic rings. The fourth-order valence-electron chi connectivity index (χ4n) is 3.89. The Hall–Kier alpha value is -3.29. The fraction of sp³-hybridized carbons (Fsp3) is 0.409. The van der Waals surface area contributed by atoms with Crippen molar-refractivity contribution >= 4 is 11.5 Å². The number of piperidine rings is 1. The molecule has 0 amide bonds. The van der Waals surface area contributed by atoms with E-state index in [-0.39, 0.29) is 6.04 Å². The number of aryl methyl sites for hydroxylation is 2. The fourth-order valence-corrected chi connectivity index (χ4v) is 3.89. The maximum atomic E-state index is 5.39. The van der Waals surface area contributed by atoms with Crippen molar-refractivity contribution in [3.63, 3.8) is 0 Å². The van der Waals surface area contributed by atoms with Crippen LogP contribution in [0, 0.1) is 13.8 Å². The van der Waals surface area contributed by atoms with Crippen LogP contribution in [0.1, 0.15) is 24.2 Å². The van der Waals surface area contributed by atoms with Crippen LogP contribution in [-0.2, 0) is 0 Å². The number of hydrogen-bond donors (Lipinski definition) is 1. The largest absolute Gasteiger partial charge is 0.497 e. The van der Waals surface area contributed by atoms with Crippen LogP contribution in [0.2, 0.25) is 0 Å². The highest BCUT2D eigenvalue weighted by atomic mass is 16.5. The van der Waals surface area contributed by atoms with Gasteiger partial charge in [-0.15, -0.1) is 0 Å². The second-order valence-corrected chi connectivity index (χ2v) is 7.61. The van der Waals surface area contributed by atoms with Crippen molar-refractivity contribution in [2.24, 2.45) is 0 Å². The minimum Gasteiger partial charge on any atom is -0.497 e. The number of nitrogens with one attached hydrogen (secondary N) is 1. The number of methoxy groups -OCH3 is 2. The van der Waals surface area contributed by atoms with Gasteiger partial charge in [0.15, 0.2) is 5.82 Å². The lowest BCUT2D eigenvalue weighted by Gasteiger charge is -2.34. The van der Waals surface area contributed by atoms with Crippen LogP contribution in [-0.4, -0.2) is 53.1 Å². The molecule has 3 heterocycles. The van der Waals surface area contributed by atoms with Gasteiger partial charge in [0.25, 0.3) is 0 Å². The van der Waals surface area contributed by atoms with E-state index in [1.165, 1.54) is 0 Å². The standard InChI is InChI=1S/C22H28N6O2/c1-15-8-16(2)28(26-15)22-13-23-12-21(25-22)27-7-5-6-17(14-27)24-18-9-19(29-3)11-20(10-18)30-4/h8-13,17,24H,5-7,14H2,1-4H3. The molecule has 0 spiro atoms. The summed E-state index contributed by atoms with van der Waals surface area (Å²) in [5.74, 6) is 3.15. The Morgan fingerprint density at radius 3 is 2.40 bits per heavy atom. The predicted molar refractivity (Wildman–Crippen MR) is 117 cm³/mol. The Morgan fingerprint density at radius 1 is 1.00 bits per heavy atom. The molecule has 2 aromatic heterocycles. The van der Waals surface area contributed by atoms with Crippen molar-refractivity contribution in [3.05, 3.63) is 48.0 Å². The molecule has 30 heavy (non-hydrogen) atoms. The van der Waals surface area contributed by atoms with E-state index in [0.29, 0.717) is 0 Å². The zero-order chi connectivity index (χ0) is 21.1. The van der Waals surface area contributed by atoms with Crippen LogP contribution in [0.3, 0.4) is 0 Å². The van der Waals surface area contributed by atoms with Crippen molar-refractivity contribution in [1.82, 2.24) is 19.7 Å². The Balaban J connectivity index is 1.51. The lowest BCUT2D eigenvalue weighted by atomic mass is 10.1. The molecule has 3 aromatic rings. The number of nitrogens with zero attached hydrogens (tertiary/aromatic N) is 5. The van der Waals surface area contributed by atoms with Gasteiger partial charge in [0.05, 0.1) is 32.3 Å². The monoisotopic (exact) mass is 408 g/mol. The van der Waals surface area contributed by atoms with Crippen LogP contribution in [0.5, 0.6) is 11.5 Å². The highest BCUT2D eigenvalue weighted by molar-refractivity contribution is 5.55. The third-order valence-electron chi connectivity index (χ3n) is 5.30. The third kappa shape index (κ3) is 4.32. The SMILES string of the molecule is COc1cc(NC2CCCN(c3cncc(-n4nc(C)cc4C)n3)C2)cc(OC)c1. The van der Waals surface area contributed by atoms with Crippen LogP contribution in [0.4, 0.5) is 11.5 Å². The molecule has 1 N–H and O–H groups in total. The van der Waals surface area contributed by atoms with E-state index in [4.69, 9.17) is 14.5 Å². The van der Waals surface area contributed by atoms with Crippen LogP contribution >= 0.6 is 0 Å². The number of benzene rings is 1. The summed E-state index contributed by atoms with van der Waals surface area (Å²) in [4.78, 5) is 11.5. The van der Waals surface area contributed by atoms with E-state index >= 15 is 0 Å². The maximum Gasteiger partial charge on any atom is 0.174 e. The Labute approximate surface area is 176 Å². The van der Waals surface area contributed by atoms with Crippen LogP contribution in [0.25, 0.3) is 5.82 Å². The Kier molecular flexibility index (Phi) is 5.74. The highest BCUT2D eigenvalue weighted by Gasteiger charge is 2.22. The molecule has 1 aliphatic heterocycles. The molecule has 0 saturated carbocycles. The quantitative estimate of drug-likeness (QED) is 0.670. The van der Waals surface area contributed by atoms with E-state index in [9.17, 15) is 0 Å². The maximum absolute atomic E-state index is 5.39. The lowest BCUT2D eigenvalue weighted by molar-refractivity contribution is 0.394. The zero-order valence-corrected chi connectivity index (χ0v) is 17.9. The summed E-state index contributed by atoms with van der Waals surface area (Å²) in [6, 6.07) is 8.18. The molecule has 8 nitrogen and oxygen atoms in total. The number of rotatable bonds is 6. The van der Waals surface area contributed by atoms with Crippen molar-refractivity contribution in [3.8, 4) is 17.3 Å². The van der Waals surface area contributed by atoms with E-state index < -0.39 is 0 Å². The van der Waals surface area contributed by atoms with Gasteiger partial charge < -0.3 is 19.7 Å². The molecule has 1 aromatic carbocycles. The van der Waals surface area contributed by atoms with Gasteiger partial charge in [0.2, 0.25) is 0 Å². The van der Waals surface area contributed by atoms with Crippen molar-refractivity contribution in [1.29, 1.82) is 0 Å². The summed E-state index contributed by atoms with van der Waals surface area (Å²) in [5.41, 5.74) is 3.00. The summed E-state index contributed by atoms with van der Waals surface area (Å²) in [5, 5.41) is 8.15. The summed E-state index contributed by atoms with van der Waals surface area (Å²) in [7, 11) is 3.32. The van der Waals surface area contributed by atoms with Crippen molar-refractivity contribution < 1.29 is 9.47 Å². The van der Waals surface area contributed by atoms with Crippen LogP contribution in [0.15, 0.2) is 36.7 Å². The number of hydrogen-bond acceptors (Lipinski definition) is 7. The van der Waals surface area contributed by atoms with Crippen molar-refractivity contribution in [2.75, 3.05) is 37.5 Å². The molecule has 4 rings (SSSR count). The molecule has 0 radical (unpaired) electrons. The van der Waals surface area contributed by atoms with Gasteiger partial charge in [-0.25, -0.2) is 9.67 Å². The minimum absolute atomic E-state index is 0.287. The highest BCUT2D eigenvalue weighted by Crippen LogP contribution is 2.28. The molecule has 8 heteroatoms. The number of anilines is 2. The lowest BCUT2D eigenvalue weighted by Crippen LogP contribution is -2.42. The molecular weight excluding hydrogens is 380 g/mol. The second-order valence-electron chi connectivity index (χ2n) is 7.61. The van der Waals surface area contributed by atoms with Gasteiger partial charge in [-0.3, -0.25) is 4.98 Å². The van der Waals surface area contributed by atoms with E-state index in [1.54, 1.807) is 20.4 Å². The smallest absolute Gasteiger partial charge is 0.174 e. The van der Waals surface area contributed by atoms with Gasteiger partial charge in [-0.1, -0.05) is 0 Å². The summed E-state index contributed by atoms with van der Waals surface area (Å²) in [6.45, 7) is 5.80. The zero-order valence-electron chi connectivity index (χ0n) is 17.9. The Bertz CT molecular complexity index is 996. The number of aromatic nitrogens is 4. The molecule has 1 saturated heterocycles. The first-order valence-corrected chi connectivity index (χ1v) is 10.2. The van der Waals surface area contributed by atoms with E-state index in [1.807, 2.05) is 49.0 Å². The summed E-state index contributed by atoms with van der Waals surface area (Å²) >= 11 is 0. The Morgan fingerprint density at radius 2 is 1.73 bits per heavy atom. The average Bonchev–Trinajstić information content (AvgIpc) is 3.11. The molecule has 158 valence electrons. The van der Waals surface area contributed by atoms with Gasteiger partial charge in [0.1, 0.15) is 17.3 Å². The average molecular weight is 409 g/mol. The molecule has 0 aliphatic carbocycles. The summed E-state index contributed by atoms with van der Waals surface area (Å²) < 4.78 is 12.6. The first kappa shape index (κ1) is 20.0. The van der Waals surface area contributed by atoms with Gasteiger partial charge in [-0.2, -0.15) is 5.10 Å². The predicted octanol–water partition coefficient (Wildman–Crippen LogP) is 3.38. The first-order valence-electron chi connectivity index (χ1n) is 10.2. The third-order valence-corrected chi connectivity index (χ3v) is 5.30. The molecule has 1 fully saturated rings. The van der Waals surface area contributed by atoms with E-state index in [0.717, 1.165) is 66.1 Å². The second kappa shape index (κ2) is 8.61. The van der Waals surface area contributed by atoms with Gasteiger partial charge in [-0.05, 0) is 32.8 Å². The van der Waals surface area contributed by atoms with Gasteiger partial charge >= 0.3 is 0 Å². The van der Waals surface area contributed by atoms with Gasteiger partial charge in [0, 0.05) is 48.7 Å². The normalized spacial score (nSPS) is 16.4. The molecule has 1 atom stereocenters. The minimum atomic E-state index is 0.287. The molecule has 1 unspecified atom stereocenters. The summed E-state index contributed by atoms with van der Waals surface area (Å²) in [6.07, 6.45) is 5.74. The molecule has 0 bridgehead atoms. The first-order chi connectivity index (χ1) is 14.6.